The molecule has 0 spiro atoms. The summed E-state index contributed by atoms with van der Waals surface area (Å²) >= 11 is 0. The first-order valence-corrected chi connectivity index (χ1v) is 33.8. The molecule has 0 aliphatic carbocycles. The molecule has 17 nitrogen and oxygen atoms in total. The molecule has 4 rings (SSSR count). The Hall–Kier alpha value is -6.14. The molecule has 0 aromatic heterocycles. The lowest BCUT2D eigenvalue weighted by Crippen LogP contribution is -2.55. The number of carbonyl (C=O) groups excluding carboxylic acids is 8. The molecule has 5 amide bonds. The molecule has 0 radical (unpaired) electrons. The van der Waals surface area contributed by atoms with Gasteiger partial charge in [0.15, 0.2) is 17.3 Å². The largest absolute Gasteiger partial charge is 0.379 e. The second-order valence-corrected chi connectivity index (χ2v) is 27.9. The van der Waals surface area contributed by atoms with Crippen molar-refractivity contribution in [2.24, 2.45) is 46.7 Å². The number of methoxy groups -OCH3 is 2. The number of ketones is 3. The van der Waals surface area contributed by atoms with E-state index in [1.807, 2.05) is 114 Å². The molecule has 1 saturated heterocycles. The lowest BCUT2D eigenvalue weighted by Gasteiger charge is -2.41. The zero-order chi connectivity index (χ0) is 67.5. The van der Waals surface area contributed by atoms with Crippen LogP contribution in [0.3, 0.4) is 0 Å². The first kappa shape index (κ1) is 77.3. The molecule has 1 heterocycles. The van der Waals surface area contributed by atoms with Gasteiger partial charge in [0.05, 0.1) is 54.8 Å². The zero-order valence-electron chi connectivity index (χ0n) is 58.0. The van der Waals surface area contributed by atoms with Crippen LogP contribution >= 0.6 is 0 Å². The summed E-state index contributed by atoms with van der Waals surface area (Å²) < 4.78 is 12.3. The topological polar surface area (TPSA) is 227 Å². The molecule has 0 saturated carbocycles. The molecular weight excluding hydrogens is 1150 g/mol. The van der Waals surface area contributed by atoms with Crippen LogP contribution in [0.4, 0.5) is 5.69 Å². The van der Waals surface area contributed by atoms with Crippen molar-refractivity contribution in [1.82, 2.24) is 25.3 Å². The smallest absolute Gasteiger partial charge is 0.227 e. The van der Waals surface area contributed by atoms with E-state index in [9.17, 15) is 38.4 Å². The maximum Gasteiger partial charge on any atom is 0.227 e. The minimum atomic E-state index is -0.922. The van der Waals surface area contributed by atoms with Gasteiger partial charge in [0.25, 0.3) is 0 Å². The third kappa shape index (κ3) is 25.0. The number of rotatable bonds is 41. The van der Waals surface area contributed by atoms with Crippen LogP contribution in [0.1, 0.15) is 176 Å². The number of Topliss-reactive ketones (excluding diaryl/α,β-unsaturated/α-hetero) is 3. The number of hydrogen-bond donors (Lipinski definition) is 4. The van der Waals surface area contributed by atoms with Crippen LogP contribution in [-0.2, 0) is 67.1 Å². The standard InChI is InChI=1S/C74H115N7O10/c1-16-51(6)69(80(13)73(89)58(49(2)3)47-64(84)68(50(4)5)79(11)12)65(90-14)48-67(86)81-42-28-34-61(81)70(91-15)52(7)71(87)78-60(44-54-31-22-18-23-32-54)62(82)45-55-36-38-57(39-37-55)76-72(88)56(33-25-27-41-75)46-63(83)59(43-53-29-20-17-21-30-53)77-66(85)35-24-19-26-40-74(8,9)10/h17-18,20-23,29-32,36-39,49-52,56,58-61,65,68-70H,16,19,24-28,33-35,40-48,75H2,1-15H3,(H,76,88)(H,77,85)(H,78,87)/t51-,52+,56-,58-,59+,60-,61-,65+,68-,69-,70+/m0/s1. The number of nitrogens with one attached hydrogen (secondary N) is 3. The number of nitrogens with two attached hydrogens (primary N) is 1. The molecule has 5 N–H and O–H groups in total. The highest BCUT2D eigenvalue weighted by Gasteiger charge is 2.44. The molecule has 17 heteroatoms. The van der Waals surface area contributed by atoms with Crippen molar-refractivity contribution in [3.05, 3.63) is 102 Å². The van der Waals surface area contributed by atoms with E-state index in [4.69, 9.17) is 15.2 Å². The van der Waals surface area contributed by atoms with E-state index < -0.39 is 60.0 Å². The fraction of sp³-hybridized carbons (Fsp3) is 0.649. The van der Waals surface area contributed by atoms with Crippen molar-refractivity contribution < 1.29 is 47.8 Å². The monoisotopic (exact) mass is 1260 g/mol. The second-order valence-electron chi connectivity index (χ2n) is 27.9. The van der Waals surface area contributed by atoms with Gasteiger partial charge in [0, 0.05) is 71.0 Å². The maximum atomic E-state index is 14.7. The van der Waals surface area contributed by atoms with Crippen molar-refractivity contribution in [1.29, 1.82) is 0 Å². The lowest BCUT2D eigenvalue weighted by atomic mass is 9.83. The number of likely N-dealkylation sites (tertiary alicyclic amines) is 1. The van der Waals surface area contributed by atoms with Crippen LogP contribution < -0.4 is 21.7 Å². The van der Waals surface area contributed by atoms with Crippen molar-refractivity contribution in [2.75, 3.05) is 53.8 Å². The number of hydrogen-bond acceptors (Lipinski definition) is 12. The molecule has 3 aromatic rings. The van der Waals surface area contributed by atoms with E-state index in [0.29, 0.717) is 75.7 Å². The zero-order valence-corrected chi connectivity index (χ0v) is 58.0. The summed E-state index contributed by atoms with van der Waals surface area (Å²) in [6.45, 7) is 21.3. The molecule has 506 valence electrons. The van der Waals surface area contributed by atoms with E-state index >= 15 is 0 Å². The Morgan fingerprint density at radius 1 is 0.670 bits per heavy atom. The molecule has 91 heavy (non-hydrogen) atoms. The first-order valence-electron chi connectivity index (χ1n) is 33.8. The summed E-state index contributed by atoms with van der Waals surface area (Å²) in [5.41, 5.74) is 9.00. The van der Waals surface area contributed by atoms with E-state index in [-0.39, 0.29) is 102 Å². The molecule has 1 aliphatic heterocycles. The summed E-state index contributed by atoms with van der Waals surface area (Å²) in [6, 6.07) is 23.0. The Morgan fingerprint density at radius 3 is 1.80 bits per heavy atom. The summed E-state index contributed by atoms with van der Waals surface area (Å²) in [4.78, 5) is 119. The van der Waals surface area contributed by atoms with Gasteiger partial charge in [-0.2, -0.15) is 0 Å². The summed E-state index contributed by atoms with van der Waals surface area (Å²) in [5.74, 6) is -3.80. The van der Waals surface area contributed by atoms with Gasteiger partial charge in [0.1, 0.15) is 0 Å². The van der Waals surface area contributed by atoms with Gasteiger partial charge in [-0.1, -0.05) is 168 Å². The van der Waals surface area contributed by atoms with Crippen LogP contribution in [-0.4, -0.2) is 152 Å². The minimum absolute atomic E-state index is 0.0215. The first-order chi connectivity index (χ1) is 43.1. The normalized spacial score (nSPS) is 16.9. The number of unbranched alkanes of at least 4 members (excludes halogenated alkanes) is 3. The Labute approximate surface area is 546 Å². The number of ether oxygens (including phenoxy) is 2. The van der Waals surface area contributed by atoms with Crippen LogP contribution in [0.25, 0.3) is 0 Å². The molecule has 1 fully saturated rings. The van der Waals surface area contributed by atoms with Gasteiger partial charge in [-0.05, 0) is 124 Å². The predicted molar refractivity (Wildman–Crippen MR) is 363 cm³/mol. The van der Waals surface area contributed by atoms with Crippen LogP contribution in [0.2, 0.25) is 0 Å². The van der Waals surface area contributed by atoms with Crippen molar-refractivity contribution in [3.8, 4) is 0 Å². The lowest BCUT2D eigenvalue weighted by molar-refractivity contribution is -0.149. The fourth-order valence-corrected chi connectivity index (χ4v) is 13.2. The van der Waals surface area contributed by atoms with Gasteiger partial charge in [-0.25, -0.2) is 0 Å². The van der Waals surface area contributed by atoms with E-state index in [2.05, 4.69) is 43.6 Å². The molecule has 0 bridgehead atoms. The number of amides is 5. The second kappa shape index (κ2) is 38.8. The molecule has 1 aliphatic rings. The molecule has 3 aromatic carbocycles. The Balaban J connectivity index is 1.48. The Bertz CT molecular complexity index is 2720. The highest BCUT2D eigenvalue weighted by atomic mass is 16.5. The predicted octanol–water partition coefficient (Wildman–Crippen LogP) is 10.6. The van der Waals surface area contributed by atoms with Gasteiger partial charge >= 0.3 is 0 Å². The number of likely N-dealkylation sites (N-methyl/N-ethyl adjacent to an activating group) is 2. The van der Waals surface area contributed by atoms with Crippen LogP contribution in [0, 0.1) is 40.9 Å². The van der Waals surface area contributed by atoms with Gasteiger partial charge in [-0.15, -0.1) is 0 Å². The maximum absolute atomic E-state index is 14.7. The van der Waals surface area contributed by atoms with Crippen LogP contribution in [0.5, 0.6) is 0 Å². The Morgan fingerprint density at radius 2 is 1.27 bits per heavy atom. The van der Waals surface area contributed by atoms with Gasteiger partial charge in [-0.3, -0.25) is 43.3 Å². The highest BCUT2D eigenvalue weighted by molar-refractivity contribution is 5.98. The SMILES string of the molecule is CC[C@H](C)[C@@H]([C@@H](CC(=O)N1CCC[C@H]1[C@H](OC)[C@@H](C)C(=O)N[C@@H](Cc1ccccc1)C(=O)Cc1ccc(NC(=O)[C@@H](CCCCN)CC(=O)[C@@H](Cc2ccccc2)NC(=O)CCCCCC(C)(C)C)cc1)OC)N(C)C(=O)[C@@H](CC(=O)[C@H](C(C)C)N(C)C)C(C)C. The van der Waals surface area contributed by atoms with Crippen molar-refractivity contribution >= 4 is 52.6 Å². The van der Waals surface area contributed by atoms with Gasteiger partial charge < -0.3 is 41.0 Å². The average molecular weight is 1260 g/mol. The summed E-state index contributed by atoms with van der Waals surface area (Å²) in [7, 11) is 8.63. The average Bonchev–Trinajstić information content (AvgIpc) is 1.93. The van der Waals surface area contributed by atoms with E-state index in [0.717, 1.165) is 36.8 Å². The Kier molecular flexibility index (Phi) is 32.9. The highest BCUT2D eigenvalue weighted by Crippen LogP contribution is 2.32. The van der Waals surface area contributed by atoms with E-state index in [1.165, 1.54) is 7.11 Å². The quantitative estimate of drug-likeness (QED) is 0.0389. The minimum Gasteiger partial charge on any atom is -0.379 e. The van der Waals surface area contributed by atoms with Crippen molar-refractivity contribution in [2.45, 2.75) is 221 Å². The molecule has 11 atom stereocenters. The molecular formula is C74H115N7O10. The summed E-state index contributed by atoms with van der Waals surface area (Å²) in [6.07, 6.45) is 6.92. The van der Waals surface area contributed by atoms with Crippen molar-refractivity contribution in [3.63, 3.8) is 0 Å². The third-order valence-corrected chi connectivity index (χ3v) is 18.6. The molecule has 0 unspecified atom stereocenters. The number of benzene rings is 3. The number of anilines is 1. The number of nitrogens with zero attached hydrogens (tertiary/aromatic N) is 3. The third-order valence-electron chi connectivity index (χ3n) is 18.6. The van der Waals surface area contributed by atoms with E-state index in [1.54, 1.807) is 55.1 Å². The summed E-state index contributed by atoms with van der Waals surface area (Å²) in [5, 5.41) is 9.11. The number of carbonyl (C=O) groups is 8. The van der Waals surface area contributed by atoms with Gasteiger partial charge in [0.2, 0.25) is 29.5 Å². The van der Waals surface area contributed by atoms with Crippen LogP contribution in [0.15, 0.2) is 84.9 Å². The fourth-order valence-electron chi connectivity index (χ4n) is 13.2.